The molecule has 1 unspecified atom stereocenters. The molecule has 2 N–H and O–H groups in total. The SMILES string of the molecule is CC[NH+](C)CCO.COS(=O)(=O)[O-]. The van der Waals surface area contributed by atoms with E-state index in [1.807, 2.05) is 0 Å². The van der Waals surface area contributed by atoms with Gasteiger partial charge >= 0.3 is 0 Å². The monoisotopic (exact) mass is 215 g/mol. The molecule has 82 valence electrons. The highest BCUT2D eigenvalue weighted by Crippen LogP contribution is 1.74. The van der Waals surface area contributed by atoms with Crippen LogP contribution in [0.2, 0.25) is 0 Å². The summed E-state index contributed by atoms with van der Waals surface area (Å²) in [5.74, 6) is 0. The molecule has 0 aromatic rings. The summed E-state index contributed by atoms with van der Waals surface area (Å²) in [6.07, 6.45) is 0. The second-order valence-corrected chi connectivity index (χ2v) is 3.51. The molecule has 0 radical (unpaired) electrons. The summed E-state index contributed by atoms with van der Waals surface area (Å²) in [4.78, 5) is 1.38. The van der Waals surface area contributed by atoms with Gasteiger partial charge in [0, 0.05) is 0 Å². The molecule has 0 heterocycles. The van der Waals surface area contributed by atoms with Crippen molar-refractivity contribution in [1.29, 1.82) is 0 Å². The van der Waals surface area contributed by atoms with Gasteiger partial charge in [0.15, 0.2) is 0 Å². The van der Waals surface area contributed by atoms with Gasteiger partial charge in [0.2, 0.25) is 10.4 Å². The average molecular weight is 215 g/mol. The van der Waals surface area contributed by atoms with Crippen molar-refractivity contribution in [3.63, 3.8) is 0 Å². The topological polar surface area (TPSA) is 91.1 Å². The first-order valence-electron chi connectivity index (χ1n) is 3.81. The number of hydrogen-bond acceptors (Lipinski definition) is 5. The van der Waals surface area contributed by atoms with Gasteiger partial charge in [-0.3, -0.25) is 4.18 Å². The molecule has 0 spiro atoms. The Morgan fingerprint density at radius 2 is 1.92 bits per heavy atom. The van der Waals surface area contributed by atoms with E-state index in [1.165, 1.54) is 4.90 Å². The van der Waals surface area contributed by atoms with Crippen LogP contribution in [0.5, 0.6) is 0 Å². The lowest BCUT2D eigenvalue weighted by Gasteiger charge is -2.06. The van der Waals surface area contributed by atoms with Gasteiger partial charge in [-0.2, -0.15) is 0 Å². The summed E-state index contributed by atoms with van der Waals surface area (Å²) in [6.45, 7) is 4.38. The largest absolute Gasteiger partial charge is 0.726 e. The lowest BCUT2D eigenvalue weighted by molar-refractivity contribution is -0.878. The molecule has 0 aromatic carbocycles. The van der Waals surface area contributed by atoms with Crippen LogP contribution < -0.4 is 4.90 Å². The van der Waals surface area contributed by atoms with Crippen LogP contribution in [0.4, 0.5) is 0 Å². The molecule has 0 rings (SSSR count). The van der Waals surface area contributed by atoms with E-state index in [1.54, 1.807) is 0 Å². The Kier molecular flexibility index (Phi) is 9.86. The smallest absolute Gasteiger partial charge is 0.217 e. The van der Waals surface area contributed by atoms with E-state index >= 15 is 0 Å². The van der Waals surface area contributed by atoms with E-state index in [2.05, 4.69) is 18.2 Å². The molecule has 0 aliphatic heterocycles. The molecule has 0 saturated carbocycles. The predicted octanol–water partition coefficient (Wildman–Crippen LogP) is -2.39. The molecule has 0 amide bonds. The fourth-order valence-electron chi connectivity index (χ4n) is 0.368. The third-order valence-corrected chi connectivity index (χ3v) is 1.75. The summed E-state index contributed by atoms with van der Waals surface area (Å²) in [5.41, 5.74) is 0. The van der Waals surface area contributed by atoms with E-state index in [4.69, 9.17) is 5.11 Å². The molecule has 7 heteroatoms. The highest BCUT2D eigenvalue weighted by Gasteiger charge is 1.91. The number of aliphatic hydroxyl groups excluding tert-OH is 1. The predicted molar refractivity (Wildman–Crippen MR) is 46.1 cm³/mol. The van der Waals surface area contributed by atoms with Gasteiger partial charge in [0.25, 0.3) is 0 Å². The third-order valence-electron chi connectivity index (χ3n) is 1.35. The van der Waals surface area contributed by atoms with Gasteiger partial charge in [-0.05, 0) is 6.92 Å². The Hall–Kier alpha value is -0.210. The maximum Gasteiger partial charge on any atom is 0.217 e. The molecule has 0 aliphatic carbocycles. The maximum absolute atomic E-state index is 9.22. The number of aliphatic hydroxyl groups is 1. The Bertz CT molecular complexity index is 191. The van der Waals surface area contributed by atoms with Crippen LogP contribution in [0, 0.1) is 0 Å². The van der Waals surface area contributed by atoms with Gasteiger partial charge in [-0.15, -0.1) is 0 Å². The van der Waals surface area contributed by atoms with Crippen LogP contribution >= 0.6 is 0 Å². The van der Waals surface area contributed by atoms with E-state index in [0.29, 0.717) is 6.61 Å². The molecular weight excluding hydrogens is 198 g/mol. The van der Waals surface area contributed by atoms with Gasteiger partial charge in [-0.25, -0.2) is 8.42 Å². The van der Waals surface area contributed by atoms with Crippen molar-refractivity contribution in [2.75, 3.05) is 33.9 Å². The first kappa shape index (κ1) is 15.3. The van der Waals surface area contributed by atoms with Crippen molar-refractivity contribution in [2.24, 2.45) is 0 Å². The summed E-state index contributed by atoms with van der Waals surface area (Å²) in [5, 5.41) is 8.35. The highest BCUT2D eigenvalue weighted by atomic mass is 32.3. The highest BCUT2D eigenvalue weighted by molar-refractivity contribution is 7.80. The molecule has 0 saturated heterocycles. The van der Waals surface area contributed by atoms with Crippen LogP contribution in [0.3, 0.4) is 0 Å². The molecule has 0 fully saturated rings. The minimum atomic E-state index is -4.41. The zero-order valence-electron chi connectivity index (χ0n) is 8.11. The number of quaternary nitrogens is 1. The van der Waals surface area contributed by atoms with E-state index in [-0.39, 0.29) is 0 Å². The second-order valence-electron chi connectivity index (χ2n) is 2.36. The number of likely N-dealkylation sites (N-methyl/N-ethyl adjacent to an activating group) is 1. The van der Waals surface area contributed by atoms with E-state index < -0.39 is 10.4 Å². The minimum absolute atomic E-state index is 0.305. The van der Waals surface area contributed by atoms with E-state index in [0.717, 1.165) is 20.2 Å². The van der Waals surface area contributed by atoms with Gasteiger partial charge in [0.1, 0.15) is 6.54 Å². The third kappa shape index (κ3) is 18.6. The van der Waals surface area contributed by atoms with E-state index in [9.17, 15) is 13.0 Å². The zero-order chi connectivity index (χ0) is 10.9. The first-order valence-corrected chi connectivity index (χ1v) is 5.14. The Morgan fingerprint density at radius 3 is 2.00 bits per heavy atom. The molecule has 0 aliphatic rings. The quantitative estimate of drug-likeness (QED) is 0.403. The fraction of sp³-hybridized carbons (Fsp3) is 1.00. The minimum Gasteiger partial charge on any atom is -0.726 e. The van der Waals surface area contributed by atoms with Crippen molar-refractivity contribution in [2.45, 2.75) is 6.92 Å². The lowest BCUT2D eigenvalue weighted by atomic mass is 10.6. The van der Waals surface area contributed by atoms with Crippen molar-refractivity contribution >= 4 is 10.4 Å². The first-order chi connectivity index (χ1) is 5.87. The standard InChI is InChI=1S/C5H13NO.CH4O4S/c1-3-6(2)4-5-7;1-5-6(2,3)4/h7H,3-5H2,1-2H3;1H3,(H,2,3,4). The molecule has 0 bridgehead atoms. The summed E-state index contributed by atoms with van der Waals surface area (Å²) < 4.78 is 31.0. The summed E-state index contributed by atoms with van der Waals surface area (Å²) >= 11 is 0. The molecule has 1 atom stereocenters. The van der Waals surface area contributed by atoms with Crippen LogP contribution in [0.25, 0.3) is 0 Å². The van der Waals surface area contributed by atoms with Crippen LogP contribution in [-0.4, -0.2) is 51.9 Å². The maximum atomic E-state index is 9.22. The molecule has 0 aromatic heterocycles. The van der Waals surface area contributed by atoms with Crippen LogP contribution in [-0.2, 0) is 14.6 Å². The van der Waals surface area contributed by atoms with Gasteiger partial charge in [0.05, 0.1) is 27.3 Å². The normalized spacial score (nSPS) is 13.0. The Labute approximate surface area is 79.1 Å². The Morgan fingerprint density at radius 1 is 1.54 bits per heavy atom. The van der Waals surface area contributed by atoms with Crippen molar-refractivity contribution in [1.82, 2.24) is 0 Å². The summed E-state index contributed by atoms with van der Waals surface area (Å²) in [7, 11) is -1.54. The fourth-order valence-corrected chi connectivity index (χ4v) is 0.368. The molecule has 13 heavy (non-hydrogen) atoms. The van der Waals surface area contributed by atoms with Crippen molar-refractivity contribution in [3.05, 3.63) is 0 Å². The lowest BCUT2D eigenvalue weighted by Crippen LogP contribution is -3.09. The summed E-state index contributed by atoms with van der Waals surface area (Å²) in [6, 6.07) is 0. The second kappa shape index (κ2) is 8.39. The van der Waals surface area contributed by atoms with Gasteiger partial charge in [-0.1, -0.05) is 0 Å². The van der Waals surface area contributed by atoms with Crippen LogP contribution in [0.15, 0.2) is 0 Å². The Balaban J connectivity index is 0. The van der Waals surface area contributed by atoms with Crippen molar-refractivity contribution < 1.29 is 27.2 Å². The zero-order valence-corrected chi connectivity index (χ0v) is 8.93. The van der Waals surface area contributed by atoms with Crippen molar-refractivity contribution in [3.8, 4) is 0 Å². The number of rotatable bonds is 4. The molecule has 6 nitrogen and oxygen atoms in total. The number of nitrogens with one attached hydrogen (secondary N) is 1. The number of hydrogen-bond donors (Lipinski definition) is 2. The average Bonchev–Trinajstić information content (AvgIpc) is 2.05. The molecular formula is C6H17NO5S. The van der Waals surface area contributed by atoms with Crippen LogP contribution in [0.1, 0.15) is 6.92 Å². The van der Waals surface area contributed by atoms with Gasteiger partial charge < -0.3 is 14.6 Å².